The summed E-state index contributed by atoms with van der Waals surface area (Å²) in [5.74, 6) is 0.150. The lowest BCUT2D eigenvalue weighted by atomic mass is 9.98. The molecule has 0 atom stereocenters. The highest BCUT2D eigenvalue weighted by molar-refractivity contribution is 8.13. The molecule has 2 aromatic rings. The number of rotatable bonds is 10. The lowest BCUT2D eigenvalue weighted by molar-refractivity contribution is -0.115. The Balaban J connectivity index is 1.52. The maximum absolute atomic E-state index is 12.6. The Morgan fingerprint density at radius 3 is 2.09 bits per heavy atom. The van der Waals surface area contributed by atoms with Crippen LogP contribution in [0, 0.1) is 0 Å². The summed E-state index contributed by atoms with van der Waals surface area (Å²) >= 11 is 0.945. The van der Waals surface area contributed by atoms with E-state index < -0.39 is 19.5 Å². The number of carbonyl (C=O) groups is 2. The van der Waals surface area contributed by atoms with Crippen LogP contribution in [-0.4, -0.2) is 49.9 Å². The molecular formula is C23H28NO7PS. The zero-order chi connectivity index (χ0) is 24.1. The molecule has 0 aliphatic heterocycles. The van der Waals surface area contributed by atoms with Gasteiger partial charge in [-0.05, 0) is 36.1 Å². The van der Waals surface area contributed by atoms with E-state index in [0.29, 0.717) is 0 Å². The molecule has 0 fully saturated rings. The normalized spacial score (nSPS) is 13.3. The second-order valence-electron chi connectivity index (χ2n) is 7.86. The first-order valence-electron chi connectivity index (χ1n) is 10.4. The molecule has 0 bridgehead atoms. The molecule has 10 heteroatoms. The van der Waals surface area contributed by atoms with Gasteiger partial charge >= 0.3 is 13.9 Å². The third-order valence-electron chi connectivity index (χ3n) is 5.28. The van der Waals surface area contributed by atoms with E-state index in [1.807, 2.05) is 36.4 Å². The fourth-order valence-corrected chi connectivity index (χ4v) is 5.15. The lowest BCUT2D eigenvalue weighted by Crippen LogP contribution is -2.49. The standard InChI is InChI=1S/C23H28NO7PS/c1-23(2,21(25)33-14-13-31-32(27,28-3)29-4)24-22(26)30-15-20-18-11-7-5-9-16(18)17-10-6-8-12-19(17)20/h5-12,20H,13-15H2,1-4H3,(H,24,26). The van der Waals surface area contributed by atoms with Crippen LogP contribution >= 0.6 is 19.6 Å². The Morgan fingerprint density at radius 1 is 1.00 bits per heavy atom. The third kappa shape index (κ3) is 6.05. The van der Waals surface area contributed by atoms with E-state index in [9.17, 15) is 14.2 Å². The van der Waals surface area contributed by atoms with Gasteiger partial charge in [-0.1, -0.05) is 60.3 Å². The first-order chi connectivity index (χ1) is 15.7. The number of hydrogen-bond acceptors (Lipinski definition) is 8. The van der Waals surface area contributed by atoms with Crippen LogP contribution in [0.5, 0.6) is 0 Å². The molecule has 2 aromatic carbocycles. The SMILES string of the molecule is COP(=O)(OC)OCCSC(=O)C(C)(C)NC(=O)OCC1c2ccccc2-c2ccccc21. The van der Waals surface area contributed by atoms with Gasteiger partial charge in [-0.2, -0.15) is 0 Å². The second kappa shape index (κ2) is 10.8. The molecule has 8 nitrogen and oxygen atoms in total. The van der Waals surface area contributed by atoms with Gasteiger partial charge < -0.3 is 10.1 Å². The van der Waals surface area contributed by atoms with Gasteiger partial charge in [0.2, 0.25) is 5.12 Å². The van der Waals surface area contributed by atoms with E-state index in [1.165, 1.54) is 14.2 Å². The summed E-state index contributed by atoms with van der Waals surface area (Å²) in [7, 11) is -1.16. The number of carbonyl (C=O) groups excluding carboxylic acids is 2. The predicted octanol–water partition coefficient (Wildman–Crippen LogP) is 4.98. The molecule has 1 amide bonds. The summed E-state index contributed by atoms with van der Waals surface area (Å²) < 4.78 is 31.7. The Kier molecular flexibility index (Phi) is 8.37. The first-order valence-corrected chi connectivity index (χ1v) is 12.8. The van der Waals surface area contributed by atoms with Gasteiger partial charge in [-0.25, -0.2) is 9.36 Å². The summed E-state index contributed by atoms with van der Waals surface area (Å²) in [5, 5.41) is 2.34. The average molecular weight is 494 g/mol. The molecule has 0 saturated carbocycles. The average Bonchev–Trinajstić information content (AvgIpc) is 3.13. The summed E-state index contributed by atoms with van der Waals surface area (Å²) in [6, 6.07) is 16.1. The minimum atomic E-state index is -3.58. The highest BCUT2D eigenvalue weighted by atomic mass is 32.2. The second-order valence-corrected chi connectivity index (χ2v) is 10.8. The maximum atomic E-state index is 12.6. The topological polar surface area (TPSA) is 100 Å². The number of phosphoric acid groups is 1. The van der Waals surface area contributed by atoms with Crippen molar-refractivity contribution in [3.8, 4) is 11.1 Å². The highest BCUT2D eigenvalue weighted by Gasteiger charge is 2.33. The number of ether oxygens (including phenoxy) is 1. The van der Waals surface area contributed by atoms with Crippen molar-refractivity contribution in [3.63, 3.8) is 0 Å². The Bertz CT molecular complexity index is 1010. The van der Waals surface area contributed by atoms with Crippen LogP contribution in [0.4, 0.5) is 4.79 Å². The Morgan fingerprint density at radius 2 is 1.55 bits per heavy atom. The monoisotopic (exact) mass is 493 g/mol. The van der Waals surface area contributed by atoms with Gasteiger partial charge in [0.05, 0.1) is 6.61 Å². The van der Waals surface area contributed by atoms with E-state index in [4.69, 9.17) is 9.26 Å². The van der Waals surface area contributed by atoms with Gasteiger partial charge in [0.1, 0.15) is 12.1 Å². The molecule has 1 N–H and O–H groups in total. The van der Waals surface area contributed by atoms with Crippen molar-refractivity contribution in [2.24, 2.45) is 0 Å². The van der Waals surface area contributed by atoms with Crippen molar-refractivity contribution in [1.29, 1.82) is 0 Å². The number of hydrogen-bond donors (Lipinski definition) is 1. The zero-order valence-electron chi connectivity index (χ0n) is 19.0. The largest absolute Gasteiger partial charge is 0.474 e. The molecule has 3 rings (SSSR count). The minimum absolute atomic E-state index is 0.0175. The minimum Gasteiger partial charge on any atom is -0.449 e. The van der Waals surface area contributed by atoms with Crippen molar-refractivity contribution in [1.82, 2.24) is 5.32 Å². The molecular weight excluding hydrogens is 465 g/mol. The smallest absolute Gasteiger partial charge is 0.449 e. The van der Waals surface area contributed by atoms with E-state index in [-0.39, 0.29) is 30.0 Å². The number of alkyl carbamates (subject to hydrolysis) is 1. The quantitative estimate of drug-likeness (QED) is 0.365. The number of amides is 1. The van der Waals surface area contributed by atoms with Crippen LogP contribution in [0.1, 0.15) is 30.9 Å². The van der Waals surface area contributed by atoms with Crippen molar-refractivity contribution < 1.29 is 32.5 Å². The molecule has 0 saturated heterocycles. The van der Waals surface area contributed by atoms with Gasteiger partial charge in [0.15, 0.2) is 0 Å². The molecule has 178 valence electrons. The lowest BCUT2D eigenvalue weighted by Gasteiger charge is -2.24. The first kappa shape index (κ1) is 25.5. The van der Waals surface area contributed by atoms with Crippen LogP contribution in [0.3, 0.4) is 0 Å². The third-order valence-corrected chi connectivity index (χ3v) is 7.82. The van der Waals surface area contributed by atoms with Crippen molar-refractivity contribution in [3.05, 3.63) is 59.7 Å². The van der Waals surface area contributed by atoms with Gasteiger partial charge in [0.25, 0.3) is 0 Å². The summed E-state index contributed by atoms with van der Waals surface area (Å²) in [4.78, 5) is 25.1. The molecule has 33 heavy (non-hydrogen) atoms. The molecule has 0 heterocycles. The molecule has 1 aliphatic rings. The van der Waals surface area contributed by atoms with Crippen LogP contribution in [0.2, 0.25) is 0 Å². The number of phosphoric ester groups is 1. The Hall–Kier alpha value is -2.16. The van der Waals surface area contributed by atoms with E-state index in [0.717, 1.165) is 34.0 Å². The zero-order valence-corrected chi connectivity index (χ0v) is 20.7. The number of nitrogens with one attached hydrogen (secondary N) is 1. The maximum Gasteiger partial charge on any atom is 0.474 e. The highest BCUT2D eigenvalue weighted by Crippen LogP contribution is 2.47. The van der Waals surface area contributed by atoms with Gasteiger partial charge in [-0.3, -0.25) is 18.4 Å². The van der Waals surface area contributed by atoms with Crippen LogP contribution in [0.25, 0.3) is 11.1 Å². The molecule has 0 spiro atoms. The fraction of sp³-hybridized carbons (Fsp3) is 0.391. The fourth-order valence-electron chi connectivity index (χ4n) is 3.58. The van der Waals surface area contributed by atoms with E-state index >= 15 is 0 Å². The van der Waals surface area contributed by atoms with Gasteiger partial charge in [0, 0.05) is 25.9 Å². The van der Waals surface area contributed by atoms with Crippen molar-refractivity contribution >= 4 is 30.8 Å². The van der Waals surface area contributed by atoms with Crippen LogP contribution < -0.4 is 5.32 Å². The van der Waals surface area contributed by atoms with E-state index in [2.05, 4.69) is 26.5 Å². The van der Waals surface area contributed by atoms with Crippen molar-refractivity contribution in [2.75, 3.05) is 33.2 Å². The number of fused-ring (bicyclic) bond motifs is 3. The summed E-state index contributed by atoms with van der Waals surface area (Å²) in [6.45, 7) is 3.34. The molecule has 0 radical (unpaired) electrons. The summed E-state index contributed by atoms with van der Waals surface area (Å²) in [6.07, 6.45) is -0.671. The van der Waals surface area contributed by atoms with E-state index in [1.54, 1.807) is 13.8 Å². The number of thioether (sulfide) groups is 1. The Labute approximate surface area is 197 Å². The molecule has 0 unspecified atom stereocenters. The van der Waals surface area contributed by atoms with Crippen LogP contribution in [0.15, 0.2) is 48.5 Å². The van der Waals surface area contributed by atoms with Gasteiger partial charge in [-0.15, -0.1) is 0 Å². The number of benzene rings is 2. The molecule has 0 aromatic heterocycles. The summed E-state index contributed by atoms with van der Waals surface area (Å²) in [5.41, 5.74) is 3.34. The van der Waals surface area contributed by atoms with Crippen molar-refractivity contribution in [2.45, 2.75) is 25.3 Å². The predicted molar refractivity (Wildman–Crippen MR) is 127 cm³/mol. The van der Waals surface area contributed by atoms with Crippen LogP contribution in [-0.2, 0) is 27.7 Å². The molecule has 1 aliphatic carbocycles.